The second-order valence-electron chi connectivity index (χ2n) is 5.97. The molecule has 2 heterocycles. The van der Waals surface area contributed by atoms with Gasteiger partial charge in [0.15, 0.2) is 0 Å². The van der Waals surface area contributed by atoms with Crippen molar-refractivity contribution >= 4 is 5.69 Å². The zero-order valence-corrected chi connectivity index (χ0v) is 12.4. The van der Waals surface area contributed by atoms with Gasteiger partial charge in [-0.1, -0.05) is 12.1 Å². The number of rotatable bonds is 3. The van der Waals surface area contributed by atoms with Crippen LogP contribution in [-0.2, 0) is 0 Å². The predicted octanol–water partition coefficient (Wildman–Crippen LogP) is 2.39. The van der Waals surface area contributed by atoms with Crippen molar-refractivity contribution in [3.8, 4) is 0 Å². The fourth-order valence-corrected chi connectivity index (χ4v) is 3.56. The first-order valence-electron chi connectivity index (χ1n) is 7.65. The first-order chi connectivity index (χ1) is 9.70. The van der Waals surface area contributed by atoms with Crippen molar-refractivity contribution in [2.45, 2.75) is 31.8 Å². The molecule has 0 radical (unpaired) electrons. The van der Waals surface area contributed by atoms with Gasteiger partial charge in [0.1, 0.15) is 5.82 Å². The van der Waals surface area contributed by atoms with Crippen molar-refractivity contribution < 1.29 is 4.39 Å². The third-order valence-electron chi connectivity index (χ3n) is 4.82. The second-order valence-corrected chi connectivity index (χ2v) is 5.97. The molecule has 0 aromatic heterocycles. The number of hydrogen-bond donors (Lipinski definition) is 1. The van der Waals surface area contributed by atoms with Crippen LogP contribution in [0.5, 0.6) is 0 Å². The van der Waals surface area contributed by atoms with Crippen molar-refractivity contribution in [3.05, 3.63) is 29.6 Å². The van der Waals surface area contributed by atoms with Gasteiger partial charge in [-0.05, 0) is 45.0 Å². The van der Waals surface area contributed by atoms with Crippen molar-refractivity contribution in [3.63, 3.8) is 0 Å². The van der Waals surface area contributed by atoms with E-state index in [0.29, 0.717) is 6.04 Å². The highest BCUT2D eigenvalue weighted by Crippen LogP contribution is 2.32. The van der Waals surface area contributed by atoms with E-state index in [-0.39, 0.29) is 11.9 Å². The van der Waals surface area contributed by atoms with E-state index in [2.05, 4.69) is 22.0 Å². The number of benzene rings is 1. The van der Waals surface area contributed by atoms with Crippen LogP contribution in [0.4, 0.5) is 10.1 Å². The first kappa shape index (κ1) is 13.8. The van der Waals surface area contributed by atoms with E-state index in [1.54, 1.807) is 6.07 Å². The minimum Gasteiger partial charge on any atom is -0.366 e. The number of piperazine rings is 1. The molecule has 20 heavy (non-hydrogen) atoms. The van der Waals surface area contributed by atoms with Crippen LogP contribution in [0.1, 0.15) is 31.4 Å². The summed E-state index contributed by atoms with van der Waals surface area (Å²) in [5, 5.41) is 3.23. The maximum Gasteiger partial charge on any atom is 0.146 e. The van der Waals surface area contributed by atoms with Gasteiger partial charge >= 0.3 is 0 Å². The highest BCUT2D eigenvalue weighted by atomic mass is 19.1. The van der Waals surface area contributed by atoms with Crippen LogP contribution in [0, 0.1) is 5.82 Å². The lowest BCUT2D eigenvalue weighted by atomic mass is 10.0. The Balaban J connectivity index is 1.89. The number of fused-ring (bicyclic) bond motifs is 1. The van der Waals surface area contributed by atoms with Crippen molar-refractivity contribution in [1.82, 2.24) is 10.2 Å². The molecule has 2 unspecified atom stereocenters. The van der Waals surface area contributed by atoms with Gasteiger partial charge in [-0.15, -0.1) is 0 Å². The summed E-state index contributed by atoms with van der Waals surface area (Å²) in [5.41, 5.74) is 1.87. The Morgan fingerprint density at radius 2 is 2.15 bits per heavy atom. The Labute approximate surface area is 120 Å². The molecule has 110 valence electrons. The summed E-state index contributed by atoms with van der Waals surface area (Å²) in [6.45, 7) is 6.26. The standard InChI is InChI=1S/C16H24FN3/c1-12(18-2)14-6-3-7-15(17)16(14)20-10-9-19-8-4-5-13(19)11-20/h3,6-7,12-13,18H,4-5,8-11H2,1-2H3. The lowest BCUT2D eigenvalue weighted by Gasteiger charge is -2.40. The quantitative estimate of drug-likeness (QED) is 0.915. The Kier molecular flexibility index (Phi) is 3.94. The predicted molar refractivity (Wildman–Crippen MR) is 80.7 cm³/mol. The number of nitrogens with one attached hydrogen (secondary N) is 1. The van der Waals surface area contributed by atoms with Crippen molar-refractivity contribution in [2.24, 2.45) is 0 Å². The van der Waals surface area contributed by atoms with Gasteiger partial charge in [0, 0.05) is 31.7 Å². The first-order valence-corrected chi connectivity index (χ1v) is 7.65. The number of nitrogens with zero attached hydrogens (tertiary/aromatic N) is 2. The third-order valence-corrected chi connectivity index (χ3v) is 4.82. The molecule has 0 aliphatic carbocycles. The number of para-hydroxylation sites is 1. The Bertz CT molecular complexity index is 477. The van der Waals surface area contributed by atoms with E-state index in [1.807, 2.05) is 19.2 Å². The molecule has 2 fully saturated rings. The fourth-order valence-electron chi connectivity index (χ4n) is 3.56. The lowest BCUT2D eigenvalue weighted by Crippen LogP contribution is -2.50. The number of anilines is 1. The molecule has 2 saturated heterocycles. The average Bonchev–Trinajstić information content (AvgIpc) is 2.93. The van der Waals surface area contributed by atoms with Gasteiger partial charge in [-0.3, -0.25) is 4.90 Å². The van der Waals surface area contributed by atoms with Crippen LogP contribution >= 0.6 is 0 Å². The summed E-state index contributed by atoms with van der Waals surface area (Å²) in [6, 6.07) is 6.22. The van der Waals surface area contributed by atoms with Crippen LogP contribution in [0.15, 0.2) is 18.2 Å². The molecule has 0 bridgehead atoms. The SMILES string of the molecule is CNC(C)c1cccc(F)c1N1CCN2CCCC2C1. The van der Waals surface area contributed by atoms with Gasteiger partial charge in [-0.2, -0.15) is 0 Å². The molecule has 4 heteroatoms. The van der Waals surface area contributed by atoms with E-state index >= 15 is 0 Å². The normalized spacial score (nSPS) is 24.8. The van der Waals surface area contributed by atoms with Gasteiger partial charge in [0.05, 0.1) is 5.69 Å². The van der Waals surface area contributed by atoms with E-state index in [9.17, 15) is 4.39 Å². The van der Waals surface area contributed by atoms with E-state index < -0.39 is 0 Å². The highest BCUT2D eigenvalue weighted by Gasteiger charge is 2.32. The van der Waals surface area contributed by atoms with Gasteiger partial charge in [-0.25, -0.2) is 4.39 Å². The second kappa shape index (κ2) is 5.70. The van der Waals surface area contributed by atoms with Gasteiger partial charge < -0.3 is 10.2 Å². The van der Waals surface area contributed by atoms with Gasteiger partial charge in [0.2, 0.25) is 0 Å². The van der Waals surface area contributed by atoms with Gasteiger partial charge in [0.25, 0.3) is 0 Å². The summed E-state index contributed by atoms with van der Waals surface area (Å²) in [5.74, 6) is -0.0870. The minimum atomic E-state index is -0.0870. The molecule has 1 aromatic carbocycles. The zero-order valence-electron chi connectivity index (χ0n) is 12.4. The van der Waals surface area contributed by atoms with Crippen molar-refractivity contribution in [1.29, 1.82) is 0 Å². The Morgan fingerprint density at radius 3 is 2.95 bits per heavy atom. The third kappa shape index (κ3) is 2.42. The molecule has 2 aliphatic heterocycles. The molecular formula is C16H24FN3. The van der Waals surface area contributed by atoms with Crippen LogP contribution < -0.4 is 10.2 Å². The Hall–Kier alpha value is -1.13. The van der Waals surface area contributed by atoms with Crippen LogP contribution in [0.3, 0.4) is 0 Å². The topological polar surface area (TPSA) is 18.5 Å². The molecule has 3 nitrogen and oxygen atoms in total. The summed E-state index contributed by atoms with van der Waals surface area (Å²) < 4.78 is 14.4. The molecule has 0 amide bonds. The molecule has 0 saturated carbocycles. The van der Waals surface area contributed by atoms with E-state index in [0.717, 1.165) is 30.9 Å². The minimum absolute atomic E-state index is 0.0870. The molecule has 0 spiro atoms. The molecule has 2 aliphatic rings. The summed E-state index contributed by atoms with van der Waals surface area (Å²) in [7, 11) is 1.92. The molecule has 1 N–H and O–H groups in total. The molecule has 2 atom stereocenters. The van der Waals surface area contributed by atoms with Crippen LogP contribution in [-0.4, -0.2) is 44.2 Å². The Morgan fingerprint density at radius 1 is 1.30 bits per heavy atom. The molecule has 1 aromatic rings. The molecule has 3 rings (SSSR count). The van der Waals surface area contributed by atoms with Crippen LogP contribution in [0.2, 0.25) is 0 Å². The maximum absolute atomic E-state index is 14.4. The van der Waals surface area contributed by atoms with Crippen LogP contribution in [0.25, 0.3) is 0 Å². The number of hydrogen-bond acceptors (Lipinski definition) is 3. The summed E-state index contributed by atoms with van der Waals surface area (Å²) >= 11 is 0. The van der Waals surface area contributed by atoms with E-state index in [1.165, 1.54) is 19.4 Å². The average molecular weight is 277 g/mol. The van der Waals surface area contributed by atoms with Crippen molar-refractivity contribution in [2.75, 3.05) is 38.1 Å². The monoisotopic (exact) mass is 277 g/mol. The fraction of sp³-hybridized carbons (Fsp3) is 0.625. The highest BCUT2D eigenvalue weighted by molar-refractivity contribution is 5.56. The number of halogens is 1. The van der Waals surface area contributed by atoms with E-state index in [4.69, 9.17) is 0 Å². The molecular weight excluding hydrogens is 253 g/mol. The maximum atomic E-state index is 14.4. The summed E-state index contributed by atoms with van der Waals surface area (Å²) in [4.78, 5) is 4.81. The summed E-state index contributed by atoms with van der Waals surface area (Å²) in [6.07, 6.45) is 2.54. The smallest absolute Gasteiger partial charge is 0.146 e. The zero-order chi connectivity index (χ0) is 14.1. The largest absolute Gasteiger partial charge is 0.366 e. The lowest BCUT2D eigenvalue weighted by molar-refractivity contribution is 0.230.